The van der Waals surface area contributed by atoms with Crippen LogP contribution in [-0.4, -0.2) is 18.5 Å². The molecule has 4 N–H and O–H groups in total. The number of benzene rings is 3. The predicted octanol–water partition coefficient (Wildman–Crippen LogP) is 5.24. The Hall–Kier alpha value is -2.58. The first-order valence-corrected chi connectivity index (χ1v) is 11.3. The molecule has 1 aliphatic heterocycles. The molecule has 1 saturated heterocycles. The topological polar surface area (TPSA) is 67.1 Å². The van der Waals surface area contributed by atoms with Crippen molar-refractivity contribution in [2.24, 2.45) is 5.73 Å². The summed E-state index contributed by atoms with van der Waals surface area (Å²) in [6.07, 6.45) is -4.52. The number of halogens is 5. The van der Waals surface area contributed by atoms with E-state index in [1.165, 1.54) is 18.2 Å². The second kappa shape index (κ2) is 9.58. The van der Waals surface area contributed by atoms with Crippen molar-refractivity contribution in [1.29, 1.82) is 0 Å². The van der Waals surface area contributed by atoms with Gasteiger partial charge in [-0.25, -0.2) is 0 Å². The highest BCUT2D eigenvalue weighted by Gasteiger charge is 2.50. The van der Waals surface area contributed by atoms with E-state index in [9.17, 15) is 18.0 Å². The van der Waals surface area contributed by atoms with E-state index in [4.69, 9.17) is 28.9 Å². The van der Waals surface area contributed by atoms with Crippen molar-refractivity contribution in [2.45, 2.75) is 30.2 Å². The van der Waals surface area contributed by atoms with Crippen LogP contribution in [0.4, 0.5) is 13.2 Å². The second-order valence-electron chi connectivity index (χ2n) is 8.31. The Morgan fingerprint density at radius 1 is 1.03 bits per heavy atom. The van der Waals surface area contributed by atoms with Crippen molar-refractivity contribution in [3.05, 3.63) is 105 Å². The first-order chi connectivity index (χ1) is 16.1. The summed E-state index contributed by atoms with van der Waals surface area (Å²) in [4.78, 5) is 13.3. The largest absolute Gasteiger partial charge is 0.416 e. The quantitative estimate of drug-likeness (QED) is 0.442. The van der Waals surface area contributed by atoms with Crippen molar-refractivity contribution in [2.75, 3.05) is 6.54 Å². The summed E-state index contributed by atoms with van der Waals surface area (Å²) in [6.45, 7) is -0.00346. The third-order valence-corrected chi connectivity index (χ3v) is 6.64. The fourth-order valence-electron chi connectivity index (χ4n) is 4.52. The predicted molar refractivity (Wildman–Crippen MR) is 127 cm³/mol. The first-order valence-electron chi connectivity index (χ1n) is 10.6. The molecule has 3 aromatic carbocycles. The summed E-state index contributed by atoms with van der Waals surface area (Å²) < 4.78 is 40.0. The molecule has 1 heterocycles. The zero-order valence-electron chi connectivity index (χ0n) is 17.9. The number of carbonyl (C=O) groups is 1. The number of alkyl halides is 3. The van der Waals surface area contributed by atoms with Gasteiger partial charge in [0, 0.05) is 29.1 Å². The molecule has 3 atom stereocenters. The molecule has 0 aromatic heterocycles. The summed E-state index contributed by atoms with van der Waals surface area (Å²) in [5, 5.41) is 6.87. The van der Waals surface area contributed by atoms with Gasteiger partial charge in [-0.05, 0) is 47.0 Å². The molecule has 0 bridgehead atoms. The number of rotatable bonds is 5. The van der Waals surface area contributed by atoms with Crippen molar-refractivity contribution < 1.29 is 18.0 Å². The number of amides is 1. The Morgan fingerprint density at radius 2 is 1.74 bits per heavy atom. The van der Waals surface area contributed by atoms with Gasteiger partial charge in [0.2, 0.25) is 5.91 Å². The maximum atomic E-state index is 13.3. The van der Waals surface area contributed by atoms with E-state index in [0.29, 0.717) is 10.0 Å². The molecule has 34 heavy (non-hydrogen) atoms. The Kier molecular flexibility index (Phi) is 6.92. The van der Waals surface area contributed by atoms with E-state index in [-0.39, 0.29) is 18.7 Å². The third-order valence-electron chi connectivity index (χ3n) is 6.15. The Balaban J connectivity index is 1.64. The molecule has 0 spiro atoms. The smallest absolute Gasteiger partial charge is 0.351 e. The van der Waals surface area contributed by atoms with Gasteiger partial charge in [0.05, 0.1) is 17.1 Å². The number of nitrogens with one attached hydrogen (secondary N) is 2. The maximum Gasteiger partial charge on any atom is 0.416 e. The lowest BCUT2D eigenvalue weighted by atomic mass is 9.74. The molecule has 0 radical (unpaired) electrons. The second-order valence-corrected chi connectivity index (χ2v) is 9.18. The van der Waals surface area contributed by atoms with Crippen LogP contribution in [0, 0.1) is 0 Å². The first kappa shape index (κ1) is 24.5. The number of hydrogen-bond donors (Lipinski definition) is 3. The average molecular weight is 508 g/mol. The minimum atomic E-state index is -4.52. The lowest BCUT2D eigenvalue weighted by molar-refractivity contribution is -0.138. The van der Waals surface area contributed by atoms with Gasteiger partial charge in [0.1, 0.15) is 0 Å². The van der Waals surface area contributed by atoms with Crippen LogP contribution < -0.4 is 16.4 Å². The highest BCUT2D eigenvalue weighted by molar-refractivity contribution is 6.30. The van der Waals surface area contributed by atoms with Gasteiger partial charge < -0.3 is 16.4 Å². The number of carbonyl (C=O) groups excluding carboxylic acids is 1. The van der Waals surface area contributed by atoms with Gasteiger partial charge in [0.15, 0.2) is 0 Å². The van der Waals surface area contributed by atoms with Gasteiger partial charge in [0.25, 0.3) is 0 Å². The lowest BCUT2D eigenvalue weighted by Crippen LogP contribution is -2.47. The Morgan fingerprint density at radius 3 is 2.41 bits per heavy atom. The van der Waals surface area contributed by atoms with Crippen LogP contribution >= 0.6 is 23.2 Å². The van der Waals surface area contributed by atoms with Crippen LogP contribution in [0.15, 0.2) is 72.8 Å². The fraction of sp³-hybridized carbons (Fsp3) is 0.240. The van der Waals surface area contributed by atoms with Gasteiger partial charge >= 0.3 is 6.18 Å². The molecule has 1 amide bonds. The average Bonchev–Trinajstić information content (AvgIpc) is 3.16. The molecule has 4 rings (SSSR count). The molecule has 0 unspecified atom stereocenters. The minimum Gasteiger partial charge on any atom is -0.351 e. The standard InChI is InChI=1S/C25H22Cl2F3N3O/c26-18-10-8-17(9-11-18)24(31)14-33-22(21(24)15-5-3-6-19(27)12-15)23(34)32-13-16-4-1-2-7-20(16)25(28,29)30/h1-12,21-22,33H,13-14,31H2,(H,32,34)/t21-,22+,24-/m0/s1. The van der Waals surface area contributed by atoms with E-state index in [1.807, 2.05) is 6.07 Å². The van der Waals surface area contributed by atoms with E-state index in [0.717, 1.165) is 17.2 Å². The monoisotopic (exact) mass is 507 g/mol. The summed E-state index contributed by atoms with van der Waals surface area (Å²) in [6, 6.07) is 18.5. The lowest BCUT2D eigenvalue weighted by Gasteiger charge is -2.33. The van der Waals surface area contributed by atoms with Gasteiger partial charge in [-0.1, -0.05) is 65.7 Å². The molecule has 3 aromatic rings. The van der Waals surface area contributed by atoms with Crippen molar-refractivity contribution in [3.63, 3.8) is 0 Å². The number of nitrogens with two attached hydrogens (primary N) is 1. The highest BCUT2D eigenvalue weighted by atomic mass is 35.5. The Labute approximate surface area is 205 Å². The molecule has 9 heteroatoms. The van der Waals surface area contributed by atoms with Crippen molar-refractivity contribution in [3.8, 4) is 0 Å². The third kappa shape index (κ3) is 4.93. The molecule has 1 fully saturated rings. The van der Waals surface area contributed by atoms with E-state index in [2.05, 4.69) is 10.6 Å². The van der Waals surface area contributed by atoms with Crippen LogP contribution in [0.25, 0.3) is 0 Å². The summed E-state index contributed by atoms with van der Waals surface area (Å²) in [5.41, 5.74) is 6.62. The minimum absolute atomic E-state index is 0.0163. The van der Waals surface area contributed by atoms with E-state index >= 15 is 0 Å². The zero-order valence-corrected chi connectivity index (χ0v) is 19.4. The molecular formula is C25H22Cl2F3N3O. The SMILES string of the molecule is N[C@]1(c2ccc(Cl)cc2)CN[C@@H](C(=O)NCc2ccccc2C(F)(F)F)[C@@H]1c1cccc(Cl)c1. The van der Waals surface area contributed by atoms with Crippen LogP contribution in [0.5, 0.6) is 0 Å². The van der Waals surface area contributed by atoms with Gasteiger partial charge in [-0.2, -0.15) is 13.2 Å². The molecular weight excluding hydrogens is 486 g/mol. The normalized spacial score (nSPS) is 22.5. The highest BCUT2D eigenvalue weighted by Crippen LogP contribution is 2.42. The van der Waals surface area contributed by atoms with E-state index < -0.39 is 35.1 Å². The van der Waals surface area contributed by atoms with Crippen molar-refractivity contribution >= 4 is 29.1 Å². The molecule has 4 nitrogen and oxygen atoms in total. The molecule has 0 aliphatic carbocycles. The van der Waals surface area contributed by atoms with Crippen LogP contribution in [0.1, 0.15) is 28.2 Å². The van der Waals surface area contributed by atoms with Gasteiger partial charge in [-0.3, -0.25) is 4.79 Å². The molecule has 0 saturated carbocycles. The van der Waals surface area contributed by atoms with Crippen molar-refractivity contribution in [1.82, 2.24) is 10.6 Å². The fourth-order valence-corrected chi connectivity index (χ4v) is 4.85. The summed E-state index contributed by atoms with van der Waals surface area (Å²) >= 11 is 12.3. The number of hydrogen-bond acceptors (Lipinski definition) is 3. The van der Waals surface area contributed by atoms with Crippen LogP contribution in [0.3, 0.4) is 0 Å². The zero-order chi connectivity index (χ0) is 24.5. The van der Waals surface area contributed by atoms with Crippen LogP contribution in [-0.2, 0) is 23.1 Å². The van der Waals surface area contributed by atoms with E-state index in [1.54, 1.807) is 42.5 Å². The van der Waals surface area contributed by atoms with Gasteiger partial charge in [-0.15, -0.1) is 0 Å². The summed E-state index contributed by atoms with van der Waals surface area (Å²) in [7, 11) is 0. The molecule has 1 aliphatic rings. The molecule has 178 valence electrons. The Bertz CT molecular complexity index is 1190. The summed E-state index contributed by atoms with van der Waals surface area (Å²) in [5.74, 6) is -0.992. The van der Waals surface area contributed by atoms with Crippen LogP contribution in [0.2, 0.25) is 10.0 Å². The maximum absolute atomic E-state index is 13.3.